The highest BCUT2D eigenvalue weighted by molar-refractivity contribution is 14.1. The first-order chi connectivity index (χ1) is 5.15. The number of nitriles is 1. The number of halogens is 2. The summed E-state index contributed by atoms with van der Waals surface area (Å²) in [5.41, 5.74) is 0.383. The average Bonchev–Trinajstić information content (AvgIpc) is 1.97. The monoisotopic (exact) mass is 279 g/mol. The fourth-order valence-electron chi connectivity index (χ4n) is 0.622. The molecule has 0 radical (unpaired) electrons. The van der Waals surface area contributed by atoms with Gasteiger partial charge in [-0.25, -0.2) is 0 Å². The molecule has 0 aliphatic rings. The van der Waals surface area contributed by atoms with Gasteiger partial charge in [-0.3, -0.25) is 0 Å². The molecule has 0 spiro atoms. The molecule has 0 aliphatic carbocycles. The van der Waals surface area contributed by atoms with E-state index in [2.05, 4.69) is 0 Å². The smallest absolute Gasteiger partial charge is 0.130 e. The van der Waals surface area contributed by atoms with Crippen molar-refractivity contribution in [3.8, 4) is 11.8 Å². The van der Waals surface area contributed by atoms with Gasteiger partial charge in [0.1, 0.15) is 11.8 Å². The van der Waals surface area contributed by atoms with Gasteiger partial charge in [0, 0.05) is 6.07 Å². The first-order valence-corrected chi connectivity index (χ1v) is 4.19. The molecule has 0 aliphatic heterocycles. The van der Waals surface area contributed by atoms with Crippen LogP contribution in [0.1, 0.15) is 5.56 Å². The lowest BCUT2D eigenvalue weighted by Gasteiger charge is -1.98. The van der Waals surface area contributed by atoms with Crippen molar-refractivity contribution in [1.29, 1.82) is 5.26 Å². The third-order valence-corrected chi connectivity index (χ3v) is 2.33. The van der Waals surface area contributed by atoms with Crippen molar-refractivity contribution < 1.29 is 5.11 Å². The number of phenols is 1. The summed E-state index contributed by atoms with van der Waals surface area (Å²) in [4.78, 5) is 0. The van der Waals surface area contributed by atoms with Crippen molar-refractivity contribution in [3.05, 3.63) is 26.3 Å². The van der Waals surface area contributed by atoms with Crippen LogP contribution < -0.4 is 0 Å². The molecule has 0 unspecified atom stereocenters. The summed E-state index contributed by atoms with van der Waals surface area (Å²) >= 11 is 7.55. The van der Waals surface area contributed by atoms with Gasteiger partial charge in [-0.2, -0.15) is 5.26 Å². The molecule has 4 heteroatoms. The molecule has 2 nitrogen and oxygen atoms in total. The highest BCUT2D eigenvalue weighted by Gasteiger charge is 2.04. The van der Waals surface area contributed by atoms with Crippen LogP contribution in [0.2, 0.25) is 5.02 Å². The predicted octanol–water partition coefficient (Wildman–Crippen LogP) is 2.52. The Morgan fingerprint density at radius 1 is 1.55 bits per heavy atom. The van der Waals surface area contributed by atoms with Gasteiger partial charge >= 0.3 is 0 Å². The molecule has 0 heterocycles. The van der Waals surface area contributed by atoms with E-state index in [1.165, 1.54) is 12.1 Å². The summed E-state index contributed by atoms with van der Waals surface area (Å²) in [5.74, 6) is 0.106. The maximum Gasteiger partial charge on any atom is 0.130 e. The number of nitrogens with zero attached hydrogens (tertiary/aromatic N) is 1. The molecule has 0 fully saturated rings. The number of hydrogen-bond donors (Lipinski definition) is 1. The Kier molecular flexibility index (Phi) is 2.58. The SMILES string of the molecule is N#Cc1cc(I)c(O)cc1Cl. The summed E-state index contributed by atoms with van der Waals surface area (Å²) in [5, 5.41) is 17.9. The maximum absolute atomic E-state index is 9.12. The predicted molar refractivity (Wildman–Crippen MR) is 50.5 cm³/mol. The Bertz CT molecular complexity index is 332. The summed E-state index contributed by atoms with van der Waals surface area (Å²) in [6, 6.07) is 4.82. The van der Waals surface area contributed by atoms with Gasteiger partial charge in [-0.15, -0.1) is 0 Å². The van der Waals surface area contributed by atoms with Gasteiger partial charge in [0.05, 0.1) is 14.2 Å². The first kappa shape index (κ1) is 8.62. The lowest BCUT2D eigenvalue weighted by atomic mass is 10.2. The molecule has 0 bridgehead atoms. The van der Waals surface area contributed by atoms with Crippen molar-refractivity contribution in [2.75, 3.05) is 0 Å². The summed E-state index contributed by atoms with van der Waals surface area (Å²) in [7, 11) is 0. The van der Waals surface area contributed by atoms with Crippen molar-refractivity contribution in [3.63, 3.8) is 0 Å². The molecule has 0 saturated carbocycles. The molecule has 0 amide bonds. The van der Waals surface area contributed by atoms with Gasteiger partial charge in [0.25, 0.3) is 0 Å². The third kappa shape index (κ3) is 1.76. The van der Waals surface area contributed by atoms with Crippen molar-refractivity contribution in [2.24, 2.45) is 0 Å². The minimum absolute atomic E-state index is 0.106. The molecular weight excluding hydrogens is 276 g/mol. The zero-order valence-corrected chi connectivity index (χ0v) is 8.22. The maximum atomic E-state index is 9.12. The third-order valence-electron chi connectivity index (χ3n) is 1.16. The van der Waals surface area contributed by atoms with E-state index < -0.39 is 0 Å². The van der Waals surface area contributed by atoms with Crippen LogP contribution in [-0.2, 0) is 0 Å². The van der Waals surface area contributed by atoms with Crippen LogP contribution >= 0.6 is 34.2 Å². The van der Waals surface area contributed by atoms with E-state index in [1.807, 2.05) is 28.7 Å². The first-order valence-electron chi connectivity index (χ1n) is 2.73. The second-order valence-corrected chi connectivity index (χ2v) is 3.46. The molecule has 1 rings (SSSR count). The lowest BCUT2D eigenvalue weighted by molar-refractivity contribution is 0.471. The molecule has 0 saturated heterocycles. The van der Waals surface area contributed by atoms with Crippen LogP contribution in [0.3, 0.4) is 0 Å². The van der Waals surface area contributed by atoms with Crippen LogP contribution in [0, 0.1) is 14.9 Å². The van der Waals surface area contributed by atoms with E-state index >= 15 is 0 Å². The Morgan fingerprint density at radius 2 is 2.18 bits per heavy atom. The van der Waals surface area contributed by atoms with Gasteiger partial charge in [-0.05, 0) is 28.7 Å². The van der Waals surface area contributed by atoms with Crippen LogP contribution in [-0.4, -0.2) is 5.11 Å². The summed E-state index contributed by atoms with van der Waals surface area (Å²) in [6.07, 6.45) is 0. The van der Waals surface area contributed by atoms with Crippen molar-refractivity contribution >= 4 is 34.2 Å². The fourth-order valence-corrected chi connectivity index (χ4v) is 1.29. The zero-order chi connectivity index (χ0) is 8.43. The molecule has 56 valence electrons. The van der Waals surface area contributed by atoms with Gasteiger partial charge in [0.15, 0.2) is 0 Å². The molecule has 0 atom stereocenters. The van der Waals surface area contributed by atoms with E-state index in [0.717, 1.165) is 0 Å². The standard InChI is InChI=1S/C7H3ClINO/c8-5-2-7(11)6(9)1-4(5)3-10/h1-2,11H. The molecule has 11 heavy (non-hydrogen) atoms. The number of aromatic hydroxyl groups is 1. The minimum atomic E-state index is 0.106. The quantitative estimate of drug-likeness (QED) is 0.742. The number of rotatable bonds is 0. The second kappa shape index (κ2) is 3.28. The normalized spacial score (nSPS) is 9.18. The van der Waals surface area contributed by atoms with Crippen molar-refractivity contribution in [2.45, 2.75) is 0 Å². The van der Waals surface area contributed by atoms with Crippen LogP contribution in [0.4, 0.5) is 0 Å². The highest BCUT2D eigenvalue weighted by Crippen LogP contribution is 2.26. The second-order valence-electron chi connectivity index (χ2n) is 1.90. The van der Waals surface area contributed by atoms with Crippen LogP contribution in [0.5, 0.6) is 5.75 Å². The number of hydrogen-bond acceptors (Lipinski definition) is 2. The molecule has 1 aromatic rings. The fraction of sp³-hybridized carbons (Fsp3) is 0. The number of phenolic OH excluding ortho intramolecular Hbond substituents is 1. The molecule has 0 aromatic heterocycles. The largest absolute Gasteiger partial charge is 0.507 e. The minimum Gasteiger partial charge on any atom is -0.507 e. The van der Waals surface area contributed by atoms with E-state index in [4.69, 9.17) is 22.0 Å². The van der Waals surface area contributed by atoms with E-state index in [9.17, 15) is 0 Å². The van der Waals surface area contributed by atoms with Crippen LogP contribution in [0.25, 0.3) is 0 Å². The van der Waals surface area contributed by atoms with Crippen LogP contribution in [0.15, 0.2) is 12.1 Å². The molecule has 1 aromatic carbocycles. The highest BCUT2D eigenvalue weighted by atomic mass is 127. The van der Waals surface area contributed by atoms with E-state index in [1.54, 1.807) is 0 Å². The molecule has 1 N–H and O–H groups in total. The lowest BCUT2D eigenvalue weighted by Crippen LogP contribution is -1.80. The van der Waals surface area contributed by atoms with Gasteiger partial charge in [-0.1, -0.05) is 11.6 Å². The summed E-state index contributed by atoms with van der Waals surface area (Å²) in [6.45, 7) is 0. The number of benzene rings is 1. The van der Waals surface area contributed by atoms with Crippen molar-refractivity contribution in [1.82, 2.24) is 0 Å². The van der Waals surface area contributed by atoms with Gasteiger partial charge < -0.3 is 5.11 Å². The Hall–Kier alpha value is -0.470. The Morgan fingerprint density at radius 3 is 2.73 bits per heavy atom. The van der Waals surface area contributed by atoms with Gasteiger partial charge in [0.2, 0.25) is 0 Å². The molecular formula is C7H3ClINO. The van der Waals surface area contributed by atoms with E-state index in [0.29, 0.717) is 9.13 Å². The zero-order valence-electron chi connectivity index (χ0n) is 5.31. The van der Waals surface area contributed by atoms with E-state index in [-0.39, 0.29) is 10.8 Å². The average molecular weight is 279 g/mol. The summed E-state index contributed by atoms with van der Waals surface area (Å²) < 4.78 is 0.628. The Labute approximate surface area is 82.5 Å². The Balaban J connectivity index is 3.35. The topological polar surface area (TPSA) is 44.0 Å².